The predicted octanol–water partition coefficient (Wildman–Crippen LogP) is 7.30. The maximum Gasteiger partial charge on any atom is 0.273 e. The summed E-state index contributed by atoms with van der Waals surface area (Å²) in [5.41, 5.74) is 4.73. The van der Waals surface area contributed by atoms with Crippen LogP contribution < -0.4 is 4.74 Å². The topological polar surface area (TPSA) is 71.4 Å². The molecule has 0 saturated heterocycles. The van der Waals surface area contributed by atoms with E-state index < -0.39 is 0 Å². The molecule has 6 rings (SSSR count). The molecule has 1 amide bonds. The van der Waals surface area contributed by atoms with E-state index in [2.05, 4.69) is 10.2 Å². The summed E-state index contributed by atoms with van der Waals surface area (Å²) in [6.45, 7) is 0.683. The Morgan fingerprint density at radius 1 is 0.946 bits per heavy atom. The van der Waals surface area contributed by atoms with Crippen molar-refractivity contribution in [3.05, 3.63) is 129 Å². The minimum atomic E-state index is -0.366. The van der Waals surface area contributed by atoms with Crippen LogP contribution in [-0.2, 0) is 13.2 Å². The number of aromatic nitrogens is 2. The largest absolute Gasteiger partial charge is 0.489 e. The molecule has 0 bridgehead atoms. The second-order valence-electron chi connectivity index (χ2n) is 8.73. The Kier molecular flexibility index (Phi) is 6.20. The molecule has 1 aliphatic rings. The minimum absolute atomic E-state index is 0.136. The molecule has 0 radical (unpaired) electrons. The quantitative estimate of drug-likeness (QED) is 0.240. The number of furan rings is 1. The van der Waals surface area contributed by atoms with E-state index in [0.29, 0.717) is 46.1 Å². The summed E-state index contributed by atoms with van der Waals surface area (Å²) in [4.78, 5) is 15.3. The summed E-state index contributed by atoms with van der Waals surface area (Å²) in [6.07, 6.45) is 1.61. The summed E-state index contributed by atoms with van der Waals surface area (Å²) in [7, 11) is 0. The number of rotatable bonds is 7. The molecule has 6 nitrogen and oxygen atoms in total. The molecule has 1 unspecified atom stereocenters. The molecule has 0 saturated carbocycles. The number of amides is 1. The summed E-state index contributed by atoms with van der Waals surface area (Å²) in [5, 5.41) is 8.78. The van der Waals surface area contributed by atoms with Crippen molar-refractivity contribution in [1.29, 1.82) is 0 Å². The Morgan fingerprint density at radius 3 is 2.46 bits per heavy atom. The Balaban J connectivity index is 1.35. The van der Waals surface area contributed by atoms with Crippen molar-refractivity contribution in [2.75, 3.05) is 0 Å². The molecule has 37 heavy (non-hydrogen) atoms. The minimum Gasteiger partial charge on any atom is -0.489 e. The number of carbonyl (C=O) groups is 1. The first-order valence-corrected chi connectivity index (χ1v) is 12.5. The van der Waals surface area contributed by atoms with Crippen LogP contribution in [0.15, 0.2) is 95.6 Å². The molecule has 1 aliphatic heterocycles. The van der Waals surface area contributed by atoms with Crippen LogP contribution in [0.4, 0.5) is 0 Å². The van der Waals surface area contributed by atoms with Crippen molar-refractivity contribution in [3.63, 3.8) is 0 Å². The molecule has 1 N–H and O–H groups in total. The van der Waals surface area contributed by atoms with Crippen molar-refractivity contribution in [2.45, 2.75) is 19.2 Å². The van der Waals surface area contributed by atoms with Crippen LogP contribution in [0.2, 0.25) is 10.0 Å². The van der Waals surface area contributed by atoms with Crippen molar-refractivity contribution >= 4 is 29.1 Å². The van der Waals surface area contributed by atoms with Gasteiger partial charge in [-0.2, -0.15) is 5.10 Å². The first-order chi connectivity index (χ1) is 18.1. The number of carbonyl (C=O) groups excluding carboxylic acids is 1. The van der Waals surface area contributed by atoms with Gasteiger partial charge in [-0.05, 0) is 48.0 Å². The maximum absolute atomic E-state index is 13.5. The second-order valence-corrected chi connectivity index (χ2v) is 9.58. The second kappa shape index (κ2) is 9.81. The third kappa shape index (κ3) is 4.50. The van der Waals surface area contributed by atoms with E-state index in [0.717, 1.165) is 22.3 Å². The lowest BCUT2D eigenvalue weighted by Crippen LogP contribution is -2.28. The fraction of sp³-hybridized carbons (Fsp3) is 0.103. The molecule has 2 aromatic heterocycles. The van der Waals surface area contributed by atoms with Crippen LogP contribution in [0.25, 0.3) is 11.3 Å². The predicted molar refractivity (Wildman–Crippen MR) is 142 cm³/mol. The van der Waals surface area contributed by atoms with E-state index in [9.17, 15) is 4.79 Å². The van der Waals surface area contributed by atoms with E-state index in [4.69, 9.17) is 32.4 Å². The van der Waals surface area contributed by atoms with Gasteiger partial charge in [0.1, 0.15) is 23.8 Å². The number of hydrogen-bond acceptors (Lipinski definition) is 4. The lowest BCUT2D eigenvalue weighted by Gasteiger charge is -2.25. The number of hydrogen-bond donors (Lipinski definition) is 1. The smallest absolute Gasteiger partial charge is 0.273 e. The Hall–Kier alpha value is -4.00. The number of nitrogens with zero attached hydrogens (tertiary/aromatic N) is 2. The van der Waals surface area contributed by atoms with E-state index in [1.165, 1.54) is 0 Å². The van der Waals surface area contributed by atoms with Crippen molar-refractivity contribution < 1.29 is 13.9 Å². The first-order valence-electron chi connectivity index (χ1n) is 11.7. The van der Waals surface area contributed by atoms with Crippen molar-refractivity contribution in [2.24, 2.45) is 0 Å². The maximum atomic E-state index is 13.5. The number of nitrogens with one attached hydrogen (secondary N) is 1. The molecule has 5 aromatic rings. The van der Waals surface area contributed by atoms with Crippen LogP contribution in [0, 0.1) is 0 Å². The van der Waals surface area contributed by atoms with Gasteiger partial charge in [0.05, 0.1) is 24.5 Å². The van der Waals surface area contributed by atoms with Gasteiger partial charge in [-0.25, -0.2) is 0 Å². The number of halogens is 2. The van der Waals surface area contributed by atoms with Crippen LogP contribution in [0.3, 0.4) is 0 Å². The highest BCUT2D eigenvalue weighted by atomic mass is 35.5. The van der Waals surface area contributed by atoms with Gasteiger partial charge in [-0.15, -0.1) is 0 Å². The lowest BCUT2D eigenvalue weighted by atomic mass is 9.96. The van der Waals surface area contributed by atoms with Gasteiger partial charge in [0.2, 0.25) is 0 Å². The normalized spacial score (nSPS) is 14.7. The molecule has 0 fully saturated rings. The number of ether oxygens (including phenoxy) is 1. The monoisotopic (exact) mass is 529 g/mol. The molecule has 0 aliphatic carbocycles. The van der Waals surface area contributed by atoms with Crippen LogP contribution in [0.5, 0.6) is 5.75 Å². The molecule has 0 spiro atoms. The standard InChI is InChI=1S/C29H21Cl2N3O3/c30-21-11-7-18(8-12-21)26-25-27(33-32-26)29(35)34(16-23-5-3-15-36-23)28(25)19-9-13-22(14-10-19)37-17-20-4-1-2-6-24(20)31/h1-15,28H,16-17H2,(H,32,33). The number of benzene rings is 3. The van der Waals surface area contributed by atoms with E-state index in [1.807, 2.05) is 84.9 Å². The summed E-state index contributed by atoms with van der Waals surface area (Å²) < 4.78 is 11.5. The zero-order chi connectivity index (χ0) is 25.4. The zero-order valence-corrected chi connectivity index (χ0v) is 21.0. The highest BCUT2D eigenvalue weighted by molar-refractivity contribution is 6.31. The highest BCUT2D eigenvalue weighted by Crippen LogP contribution is 2.44. The van der Waals surface area contributed by atoms with Crippen LogP contribution in [-0.4, -0.2) is 21.0 Å². The summed E-state index contributed by atoms with van der Waals surface area (Å²) >= 11 is 12.4. The number of H-pyrrole nitrogens is 1. The van der Waals surface area contributed by atoms with Gasteiger partial charge < -0.3 is 14.1 Å². The van der Waals surface area contributed by atoms with Gasteiger partial charge in [-0.3, -0.25) is 9.89 Å². The first kappa shape index (κ1) is 23.4. The van der Waals surface area contributed by atoms with E-state index >= 15 is 0 Å². The van der Waals surface area contributed by atoms with Crippen LogP contribution >= 0.6 is 23.2 Å². The SMILES string of the molecule is O=C1c2[nH]nc(-c3ccc(Cl)cc3)c2C(c2ccc(OCc3ccccc3Cl)cc2)N1Cc1ccco1. The van der Waals surface area contributed by atoms with E-state index in [-0.39, 0.29) is 11.9 Å². The van der Waals surface area contributed by atoms with E-state index in [1.54, 1.807) is 11.2 Å². The molecule has 3 heterocycles. The van der Waals surface area contributed by atoms with Gasteiger partial charge >= 0.3 is 0 Å². The average Bonchev–Trinajstić information content (AvgIpc) is 3.64. The molecular weight excluding hydrogens is 509 g/mol. The Morgan fingerprint density at radius 2 is 1.73 bits per heavy atom. The Labute approximate surface area is 223 Å². The fourth-order valence-electron chi connectivity index (χ4n) is 4.63. The summed E-state index contributed by atoms with van der Waals surface area (Å²) in [5.74, 6) is 1.27. The van der Waals surface area contributed by atoms with Crippen molar-refractivity contribution in [1.82, 2.24) is 15.1 Å². The molecular formula is C29H21Cl2N3O3. The molecule has 8 heteroatoms. The average molecular weight is 530 g/mol. The van der Waals surface area contributed by atoms with Crippen LogP contribution in [0.1, 0.15) is 39.0 Å². The third-order valence-corrected chi connectivity index (χ3v) is 7.06. The van der Waals surface area contributed by atoms with Gasteiger partial charge in [0.15, 0.2) is 0 Å². The van der Waals surface area contributed by atoms with Gasteiger partial charge in [0.25, 0.3) is 5.91 Å². The third-order valence-electron chi connectivity index (χ3n) is 6.44. The Bertz CT molecular complexity index is 1540. The van der Waals surface area contributed by atoms with Gasteiger partial charge in [-0.1, -0.05) is 65.7 Å². The summed E-state index contributed by atoms with van der Waals surface area (Å²) in [6, 6.07) is 26.1. The number of fused-ring (bicyclic) bond motifs is 1. The van der Waals surface area contributed by atoms with Crippen molar-refractivity contribution in [3.8, 4) is 17.0 Å². The number of aromatic amines is 1. The lowest BCUT2D eigenvalue weighted by molar-refractivity contribution is 0.0717. The molecule has 184 valence electrons. The molecule has 3 aromatic carbocycles. The van der Waals surface area contributed by atoms with Gasteiger partial charge in [0, 0.05) is 26.7 Å². The zero-order valence-electron chi connectivity index (χ0n) is 19.5. The molecule has 1 atom stereocenters. The highest BCUT2D eigenvalue weighted by Gasteiger charge is 2.42. The fourth-order valence-corrected chi connectivity index (χ4v) is 4.94.